The molecule has 0 aromatic carbocycles. The molecule has 0 spiro atoms. The summed E-state index contributed by atoms with van der Waals surface area (Å²) in [7, 11) is 0. The van der Waals surface area contributed by atoms with Gasteiger partial charge in [-0.3, -0.25) is 0 Å². The number of fused-ring (bicyclic) bond motifs is 2. The Kier molecular flexibility index (Phi) is 7.07. The van der Waals surface area contributed by atoms with E-state index in [0.29, 0.717) is 17.9 Å². The Morgan fingerprint density at radius 2 is 1.72 bits per heavy atom. The summed E-state index contributed by atoms with van der Waals surface area (Å²) < 4.78 is 0. The lowest BCUT2D eigenvalue weighted by Gasteiger charge is -2.34. The Hall–Kier alpha value is -0.420. The Balaban J connectivity index is 0.000000963. The molecular weight excluding hydrogens is 295 g/mol. The predicted molar refractivity (Wildman–Crippen MR) is 82.6 cm³/mol. The van der Waals surface area contributed by atoms with Crippen molar-refractivity contribution in [1.82, 2.24) is 10.3 Å². The molecule has 3 N–H and O–H groups in total. The third-order valence-corrected chi connectivity index (χ3v) is 3.35. The fraction of sp³-hybridized carbons (Fsp3) is 0.545. The van der Waals surface area contributed by atoms with Gasteiger partial charge in [0, 0.05) is 25.2 Å². The van der Waals surface area contributed by atoms with Crippen molar-refractivity contribution in [2.75, 3.05) is 23.7 Å². The van der Waals surface area contributed by atoms with E-state index in [1.807, 2.05) is 12.3 Å². The fourth-order valence-electron chi connectivity index (χ4n) is 2.59. The molecule has 3 rings (SSSR count). The van der Waals surface area contributed by atoms with E-state index in [1.54, 1.807) is 0 Å². The SMILES string of the molecule is Cl.Cl.Cl.Nc1ccc(N2CC3CCC(C2)N3)cn1. The zero-order chi connectivity index (χ0) is 10.3. The van der Waals surface area contributed by atoms with Crippen LogP contribution in [0.3, 0.4) is 0 Å². The second kappa shape index (κ2) is 7.24. The van der Waals surface area contributed by atoms with Crippen LogP contribution in [0.15, 0.2) is 18.3 Å². The molecule has 0 aliphatic carbocycles. The van der Waals surface area contributed by atoms with Gasteiger partial charge in [0.25, 0.3) is 0 Å². The second-order valence-electron chi connectivity index (χ2n) is 4.48. The van der Waals surface area contributed by atoms with Crippen molar-refractivity contribution in [1.29, 1.82) is 0 Å². The lowest BCUT2D eigenvalue weighted by Crippen LogP contribution is -2.51. The number of pyridine rings is 1. The molecule has 18 heavy (non-hydrogen) atoms. The van der Waals surface area contributed by atoms with Crippen molar-refractivity contribution in [3.8, 4) is 0 Å². The van der Waals surface area contributed by atoms with Crippen molar-refractivity contribution >= 4 is 48.7 Å². The number of nitrogen functional groups attached to an aromatic ring is 1. The zero-order valence-electron chi connectivity index (χ0n) is 9.91. The number of hydrogen-bond donors (Lipinski definition) is 2. The minimum absolute atomic E-state index is 0. The van der Waals surface area contributed by atoms with Gasteiger partial charge < -0.3 is 16.0 Å². The minimum atomic E-state index is 0. The molecular formula is C11H19Cl3N4. The van der Waals surface area contributed by atoms with Crippen LogP contribution in [0, 0.1) is 0 Å². The number of aromatic nitrogens is 1. The Labute approximate surface area is 126 Å². The molecule has 2 unspecified atom stereocenters. The van der Waals surface area contributed by atoms with Crippen molar-refractivity contribution in [2.45, 2.75) is 24.9 Å². The average molecular weight is 314 g/mol. The van der Waals surface area contributed by atoms with Crippen LogP contribution in [0.2, 0.25) is 0 Å². The molecule has 2 fully saturated rings. The van der Waals surface area contributed by atoms with Crippen LogP contribution in [0.1, 0.15) is 12.8 Å². The van der Waals surface area contributed by atoms with Gasteiger partial charge in [0.05, 0.1) is 11.9 Å². The first-order valence-electron chi connectivity index (χ1n) is 5.54. The van der Waals surface area contributed by atoms with E-state index in [1.165, 1.54) is 18.5 Å². The lowest BCUT2D eigenvalue weighted by molar-refractivity contribution is 0.465. The Morgan fingerprint density at radius 1 is 1.11 bits per heavy atom. The van der Waals surface area contributed by atoms with Gasteiger partial charge in [-0.25, -0.2) is 4.98 Å². The van der Waals surface area contributed by atoms with Gasteiger partial charge in [-0.2, -0.15) is 0 Å². The Bertz CT molecular complexity index is 348. The molecule has 7 heteroatoms. The van der Waals surface area contributed by atoms with Crippen molar-refractivity contribution < 1.29 is 0 Å². The molecule has 2 bridgehead atoms. The molecule has 0 saturated carbocycles. The van der Waals surface area contributed by atoms with Crippen LogP contribution >= 0.6 is 37.2 Å². The molecule has 1 aromatic heterocycles. The van der Waals surface area contributed by atoms with E-state index in [2.05, 4.69) is 21.3 Å². The van der Waals surface area contributed by atoms with Crippen molar-refractivity contribution in [3.63, 3.8) is 0 Å². The highest BCUT2D eigenvalue weighted by Gasteiger charge is 2.32. The number of anilines is 2. The summed E-state index contributed by atoms with van der Waals surface area (Å²) in [5.74, 6) is 0.594. The van der Waals surface area contributed by atoms with Gasteiger partial charge in [-0.05, 0) is 25.0 Å². The lowest BCUT2D eigenvalue weighted by atomic mass is 10.2. The van der Waals surface area contributed by atoms with Crippen LogP contribution < -0.4 is 16.0 Å². The number of halogens is 3. The number of nitrogens with two attached hydrogens (primary N) is 1. The summed E-state index contributed by atoms with van der Waals surface area (Å²) in [6.45, 7) is 2.20. The van der Waals surface area contributed by atoms with Crippen molar-refractivity contribution in [3.05, 3.63) is 18.3 Å². The van der Waals surface area contributed by atoms with Crippen LogP contribution in [0.5, 0.6) is 0 Å². The summed E-state index contributed by atoms with van der Waals surface area (Å²) in [5.41, 5.74) is 6.78. The second-order valence-corrected chi connectivity index (χ2v) is 4.48. The maximum Gasteiger partial charge on any atom is 0.123 e. The molecule has 104 valence electrons. The van der Waals surface area contributed by atoms with E-state index >= 15 is 0 Å². The highest BCUT2D eigenvalue weighted by atomic mass is 35.5. The fourth-order valence-corrected chi connectivity index (χ4v) is 2.59. The maximum absolute atomic E-state index is 5.58. The van der Waals surface area contributed by atoms with Crippen LogP contribution in [0.25, 0.3) is 0 Å². The monoisotopic (exact) mass is 312 g/mol. The van der Waals surface area contributed by atoms with E-state index in [0.717, 1.165) is 13.1 Å². The quantitative estimate of drug-likeness (QED) is 0.831. The molecule has 0 amide bonds. The molecule has 3 heterocycles. The first kappa shape index (κ1) is 17.6. The summed E-state index contributed by atoms with van der Waals surface area (Å²) in [6, 6.07) is 5.27. The van der Waals surface area contributed by atoms with Crippen molar-refractivity contribution in [2.24, 2.45) is 0 Å². The molecule has 0 radical (unpaired) electrons. The van der Waals surface area contributed by atoms with Crippen LogP contribution in [-0.4, -0.2) is 30.2 Å². The van der Waals surface area contributed by atoms with Gasteiger partial charge in [-0.1, -0.05) is 0 Å². The number of piperazine rings is 1. The normalized spacial score (nSPS) is 24.6. The largest absolute Gasteiger partial charge is 0.384 e. The highest BCUT2D eigenvalue weighted by Crippen LogP contribution is 2.24. The Morgan fingerprint density at radius 3 is 2.22 bits per heavy atom. The predicted octanol–water partition coefficient (Wildman–Crippen LogP) is 1.87. The van der Waals surface area contributed by atoms with E-state index in [9.17, 15) is 0 Å². The number of hydrogen-bond acceptors (Lipinski definition) is 4. The molecule has 2 aliphatic rings. The molecule has 2 atom stereocenters. The first-order valence-corrected chi connectivity index (χ1v) is 5.54. The van der Waals surface area contributed by atoms with Crippen LogP contribution in [-0.2, 0) is 0 Å². The molecule has 1 aromatic rings. The van der Waals surface area contributed by atoms with Crippen LogP contribution in [0.4, 0.5) is 11.5 Å². The van der Waals surface area contributed by atoms with E-state index in [-0.39, 0.29) is 37.2 Å². The van der Waals surface area contributed by atoms with Gasteiger partial charge in [-0.15, -0.1) is 37.2 Å². The number of rotatable bonds is 1. The molecule has 4 nitrogen and oxygen atoms in total. The standard InChI is InChI=1S/C11H16N4.3ClH/c12-11-4-3-10(5-13-11)15-6-8-1-2-9(7-15)14-8;;;/h3-5,8-9,14H,1-2,6-7H2,(H2,12,13);3*1H. The highest BCUT2D eigenvalue weighted by molar-refractivity contribution is 5.86. The summed E-state index contributed by atoms with van der Waals surface area (Å²) in [4.78, 5) is 6.55. The smallest absolute Gasteiger partial charge is 0.123 e. The summed E-state index contributed by atoms with van der Waals surface area (Å²) >= 11 is 0. The van der Waals surface area contributed by atoms with Gasteiger partial charge >= 0.3 is 0 Å². The maximum atomic E-state index is 5.58. The van der Waals surface area contributed by atoms with E-state index in [4.69, 9.17) is 5.73 Å². The van der Waals surface area contributed by atoms with Gasteiger partial charge in [0.2, 0.25) is 0 Å². The van der Waals surface area contributed by atoms with Gasteiger partial charge in [0.1, 0.15) is 5.82 Å². The minimum Gasteiger partial charge on any atom is -0.384 e. The summed E-state index contributed by atoms with van der Waals surface area (Å²) in [6.07, 6.45) is 4.49. The zero-order valence-corrected chi connectivity index (χ0v) is 12.4. The topological polar surface area (TPSA) is 54.2 Å². The van der Waals surface area contributed by atoms with E-state index < -0.39 is 0 Å². The number of nitrogens with one attached hydrogen (secondary N) is 1. The van der Waals surface area contributed by atoms with Gasteiger partial charge in [0.15, 0.2) is 0 Å². The summed E-state index contributed by atoms with van der Waals surface area (Å²) in [5, 5.41) is 3.61. The number of nitrogens with zero attached hydrogens (tertiary/aromatic N) is 2. The molecule has 2 aliphatic heterocycles. The third-order valence-electron chi connectivity index (χ3n) is 3.35. The third kappa shape index (κ3) is 3.54. The first-order chi connectivity index (χ1) is 7.31. The average Bonchev–Trinajstić information content (AvgIpc) is 2.59. The molecule has 2 saturated heterocycles.